The molecule has 0 fully saturated rings. The predicted octanol–water partition coefficient (Wildman–Crippen LogP) is 2.99. The van der Waals surface area contributed by atoms with Crippen LogP contribution < -0.4 is 0 Å². The Hall–Kier alpha value is -1.37. The SMILES string of the molecule is CC(=O)C(C)=Cc1ccccc1C. The molecule has 0 unspecified atom stereocenters. The van der Waals surface area contributed by atoms with Gasteiger partial charge in [0.15, 0.2) is 5.78 Å². The number of allylic oxidation sites excluding steroid dienone is 1. The largest absolute Gasteiger partial charge is 0.295 e. The monoisotopic (exact) mass is 174 g/mol. The fraction of sp³-hybridized carbons (Fsp3) is 0.250. The minimum Gasteiger partial charge on any atom is -0.295 e. The standard InChI is InChI=1S/C12H14O/c1-9-6-4-5-7-12(9)8-10(2)11(3)13/h4-8H,1-3H3. The van der Waals surface area contributed by atoms with Gasteiger partial charge in [-0.05, 0) is 43.5 Å². The third-order valence-electron chi connectivity index (χ3n) is 2.12. The molecule has 68 valence electrons. The van der Waals surface area contributed by atoms with E-state index in [9.17, 15) is 4.79 Å². The average molecular weight is 174 g/mol. The molecular weight excluding hydrogens is 160 g/mol. The lowest BCUT2D eigenvalue weighted by atomic mass is 10.1. The Morgan fingerprint density at radius 2 is 1.85 bits per heavy atom. The zero-order valence-corrected chi connectivity index (χ0v) is 8.29. The van der Waals surface area contributed by atoms with Crippen LogP contribution >= 0.6 is 0 Å². The second-order valence-electron chi connectivity index (χ2n) is 3.24. The van der Waals surface area contributed by atoms with Gasteiger partial charge >= 0.3 is 0 Å². The molecule has 0 radical (unpaired) electrons. The van der Waals surface area contributed by atoms with Gasteiger partial charge in [-0.3, -0.25) is 4.79 Å². The summed E-state index contributed by atoms with van der Waals surface area (Å²) in [6.07, 6.45) is 1.93. The first-order chi connectivity index (χ1) is 6.11. The number of ketones is 1. The van der Waals surface area contributed by atoms with Crippen LogP contribution in [0.3, 0.4) is 0 Å². The Bertz CT molecular complexity index is 348. The molecule has 13 heavy (non-hydrogen) atoms. The fourth-order valence-corrected chi connectivity index (χ4v) is 1.08. The maximum atomic E-state index is 11.0. The number of hydrogen-bond acceptors (Lipinski definition) is 1. The fourth-order valence-electron chi connectivity index (χ4n) is 1.08. The van der Waals surface area contributed by atoms with Crippen molar-refractivity contribution in [3.63, 3.8) is 0 Å². The van der Waals surface area contributed by atoms with Gasteiger partial charge in [0.1, 0.15) is 0 Å². The first-order valence-electron chi connectivity index (χ1n) is 4.36. The molecule has 0 heterocycles. The van der Waals surface area contributed by atoms with Gasteiger partial charge in [-0.15, -0.1) is 0 Å². The van der Waals surface area contributed by atoms with Crippen LogP contribution in [0.25, 0.3) is 6.08 Å². The van der Waals surface area contributed by atoms with Crippen LogP contribution in [0.5, 0.6) is 0 Å². The van der Waals surface area contributed by atoms with Crippen molar-refractivity contribution in [2.45, 2.75) is 20.8 Å². The molecule has 1 rings (SSSR count). The molecule has 0 amide bonds. The van der Waals surface area contributed by atoms with E-state index in [1.54, 1.807) is 6.92 Å². The number of hydrogen-bond donors (Lipinski definition) is 0. The second-order valence-corrected chi connectivity index (χ2v) is 3.24. The van der Waals surface area contributed by atoms with Crippen LogP contribution in [0.15, 0.2) is 29.8 Å². The van der Waals surface area contributed by atoms with E-state index in [-0.39, 0.29) is 5.78 Å². The van der Waals surface area contributed by atoms with Crippen molar-refractivity contribution in [1.82, 2.24) is 0 Å². The highest BCUT2D eigenvalue weighted by atomic mass is 16.1. The summed E-state index contributed by atoms with van der Waals surface area (Å²) in [4.78, 5) is 11.0. The van der Waals surface area contributed by atoms with Gasteiger partial charge < -0.3 is 0 Å². The van der Waals surface area contributed by atoms with Crippen molar-refractivity contribution >= 4 is 11.9 Å². The van der Waals surface area contributed by atoms with E-state index in [0.717, 1.165) is 11.1 Å². The second kappa shape index (κ2) is 4.04. The summed E-state index contributed by atoms with van der Waals surface area (Å²) in [6, 6.07) is 8.03. The van der Waals surface area contributed by atoms with Gasteiger partial charge in [0.25, 0.3) is 0 Å². The summed E-state index contributed by atoms with van der Waals surface area (Å²) in [6.45, 7) is 5.47. The van der Waals surface area contributed by atoms with Crippen molar-refractivity contribution in [1.29, 1.82) is 0 Å². The van der Waals surface area contributed by atoms with Crippen LogP contribution in [-0.2, 0) is 4.79 Å². The molecule has 0 aliphatic carbocycles. The third-order valence-corrected chi connectivity index (χ3v) is 2.12. The lowest BCUT2D eigenvalue weighted by molar-refractivity contribution is -0.113. The zero-order valence-electron chi connectivity index (χ0n) is 8.29. The molecule has 0 atom stereocenters. The number of Topliss-reactive ketones (excluding diaryl/α,β-unsaturated/α-hetero) is 1. The summed E-state index contributed by atoms with van der Waals surface area (Å²) in [5, 5.41) is 0. The van der Waals surface area contributed by atoms with Crippen molar-refractivity contribution in [2.75, 3.05) is 0 Å². The van der Waals surface area contributed by atoms with Crippen LogP contribution in [0.4, 0.5) is 0 Å². The van der Waals surface area contributed by atoms with E-state index < -0.39 is 0 Å². The number of benzene rings is 1. The Labute approximate surface area is 79.1 Å². The molecule has 0 saturated heterocycles. The first kappa shape index (κ1) is 9.72. The van der Waals surface area contributed by atoms with Gasteiger partial charge in [0.05, 0.1) is 0 Å². The molecule has 1 nitrogen and oxygen atoms in total. The van der Waals surface area contributed by atoms with E-state index in [0.29, 0.717) is 0 Å². The van der Waals surface area contributed by atoms with Crippen LogP contribution in [0, 0.1) is 6.92 Å². The van der Waals surface area contributed by atoms with Gasteiger partial charge in [-0.2, -0.15) is 0 Å². The minimum absolute atomic E-state index is 0.128. The Morgan fingerprint density at radius 3 is 2.38 bits per heavy atom. The lowest BCUT2D eigenvalue weighted by Crippen LogP contribution is -1.91. The summed E-state index contributed by atoms with van der Waals surface area (Å²) in [5.74, 6) is 0.128. The topological polar surface area (TPSA) is 17.1 Å². The minimum atomic E-state index is 0.128. The quantitative estimate of drug-likeness (QED) is 0.630. The normalized spacial score (nSPS) is 11.5. The van der Waals surface area contributed by atoms with E-state index in [4.69, 9.17) is 0 Å². The highest BCUT2D eigenvalue weighted by molar-refractivity contribution is 5.97. The molecule has 0 aromatic heterocycles. The summed E-state index contributed by atoms with van der Waals surface area (Å²) in [5.41, 5.74) is 3.12. The maximum absolute atomic E-state index is 11.0. The summed E-state index contributed by atoms with van der Waals surface area (Å²) >= 11 is 0. The Morgan fingerprint density at radius 1 is 1.23 bits per heavy atom. The molecule has 0 aliphatic rings. The molecule has 0 spiro atoms. The van der Waals surface area contributed by atoms with Crippen molar-refractivity contribution in [3.8, 4) is 0 Å². The molecule has 0 saturated carbocycles. The predicted molar refractivity (Wildman–Crippen MR) is 55.5 cm³/mol. The molecule has 0 N–H and O–H groups in total. The van der Waals surface area contributed by atoms with E-state index >= 15 is 0 Å². The van der Waals surface area contributed by atoms with Crippen molar-refractivity contribution in [2.24, 2.45) is 0 Å². The van der Waals surface area contributed by atoms with E-state index in [2.05, 4.69) is 0 Å². The Kier molecular flexibility index (Phi) is 3.02. The van der Waals surface area contributed by atoms with Crippen LogP contribution in [0.2, 0.25) is 0 Å². The smallest absolute Gasteiger partial charge is 0.155 e. The summed E-state index contributed by atoms with van der Waals surface area (Å²) in [7, 11) is 0. The molecule has 1 aromatic carbocycles. The first-order valence-corrected chi connectivity index (χ1v) is 4.36. The number of aryl methyl sites for hydroxylation is 1. The van der Waals surface area contributed by atoms with Gasteiger partial charge in [0, 0.05) is 0 Å². The molecule has 1 aromatic rings. The van der Waals surface area contributed by atoms with E-state index in [1.165, 1.54) is 5.56 Å². The van der Waals surface area contributed by atoms with Gasteiger partial charge in [0.2, 0.25) is 0 Å². The molecule has 0 aliphatic heterocycles. The number of carbonyl (C=O) groups is 1. The lowest BCUT2D eigenvalue weighted by Gasteiger charge is -2.00. The number of carbonyl (C=O) groups excluding carboxylic acids is 1. The molecular formula is C12H14O. The van der Waals surface area contributed by atoms with Crippen LogP contribution in [0.1, 0.15) is 25.0 Å². The van der Waals surface area contributed by atoms with E-state index in [1.807, 2.05) is 44.2 Å². The highest BCUT2D eigenvalue weighted by Gasteiger charge is 1.97. The van der Waals surface area contributed by atoms with Crippen molar-refractivity contribution in [3.05, 3.63) is 41.0 Å². The molecule has 0 bridgehead atoms. The van der Waals surface area contributed by atoms with Crippen molar-refractivity contribution < 1.29 is 4.79 Å². The molecule has 1 heteroatoms. The van der Waals surface area contributed by atoms with Gasteiger partial charge in [-0.1, -0.05) is 24.3 Å². The Balaban J connectivity index is 3.04. The third kappa shape index (κ3) is 2.55. The average Bonchev–Trinajstić information content (AvgIpc) is 2.08. The number of rotatable bonds is 2. The highest BCUT2D eigenvalue weighted by Crippen LogP contribution is 2.11. The summed E-state index contributed by atoms with van der Waals surface area (Å²) < 4.78 is 0. The zero-order chi connectivity index (χ0) is 9.84. The maximum Gasteiger partial charge on any atom is 0.155 e. The van der Waals surface area contributed by atoms with Crippen LogP contribution in [-0.4, -0.2) is 5.78 Å². The van der Waals surface area contributed by atoms with Gasteiger partial charge in [-0.25, -0.2) is 0 Å².